The Bertz CT molecular complexity index is 596. The zero-order chi connectivity index (χ0) is 13.1. The summed E-state index contributed by atoms with van der Waals surface area (Å²) in [7, 11) is 0. The van der Waals surface area contributed by atoms with E-state index in [1.807, 2.05) is 25.1 Å². The van der Waals surface area contributed by atoms with Crippen LogP contribution in [0.3, 0.4) is 0 Å². The second kappa shape index (κ2) is 5.38. The molecule has 96 valence electrons. The third-order valence-corrected chi connectivity index (χ3v) is 3.38. The van der Waals surface area contributed by atoms with Crippen molar-refractivity contribution in [1.82, 2.24) is 0 Å². The van der Waals surface area contributed by atoms with E-state index in [1.165, 1.54) is 6.42 Å². The monoisotopic (exact) mass is 244 g/mol. The van der Waals surface area contributed by atoms with Gasteiger partial charge >= 0.3 is 0 Å². The van der Waals surface area contributed by atoms with Gasteiger partial charge in [-0.3, -0.25) is 4.79 Å². The van der Waals surface area contributed by atoms with Crippen molar-refractivity contribution in [3.05, 3.63) is 45.8 Å². The summed E-state index contributed by atoms with van der Waals surface area (Å²) in [6, 6.07) is 7.41. The molecule has 0 aliphatic rings. The van der Waals surface area contributed by atoms with Crippen LogP contribution in [-0.4, -0.2) is 0 Å². The second-order valence-electron chi connectivity index (χ2n) is 5.06. The first-order chi connectivity index (χ1) is 8.61. The van der Waals surface area contributed by atoms with Gasteiger partial charge in [-0.05, 0) is 25.5 Å². The summed E-state index contributed by atoms with van der Waals surface area (Å²) in [6.45, 7) is 6.27. The Hall–Kier alpha value is -1.57. The zero-order valence-corrected chi connectivity index (χ0v) is 11.3. The SMILES string of the molecule is CCCC[C@H](C)c1cc(=O)c2cc(C)ccc2o1. The third kappa shape index (κ3) is 2.63. The van der Waals surface area contributed by atoms with Crippen molar-refractivity contribution >= 4 is 11.0 Å². The average molecular weight is 244 g/mol. The predicted molar refractivity (Wildman–Crippen MR) is 75.2 cm³/mol. The van der Waals surface area contributed by atoms with Gasteiger partial charge in [-0.1, -0.05) is 38.3 Å². The van der Waals surface area contributed by atoms with E-state index in [1.54, 1.807) is 6.07 Å². The van der Waals surface area contributed by atoms with Crippen molar-refractivity contribution in [3.63, 3.8) is 0 Å². The van der Waals surface area contributed by atoms with Gasteiger partial charge in [-0.15, -0.1) is 0 Å². The fourth-order valence-electron chi connectivity index (χ4n) is 2.18. The first kappa shape index (κ1) is 12.9. The molecule has 0 aliphatic carbocycles. The fourth-order valence-corrected chi connectivity index (χ4v) is 2.18. The molecule has 1 aromatic heterocycles. The lowest BCUT2D eigenvalue weighted by Crippen LogP contribution is -2.04. The number of aryl methyl sites for hydroxylation is 1. The molecule has 0 saturated heterocycles. The van der Waals surface area contributed by atoms with Crippen LogP contribution >= 0.6 is 0 Å². The first-order valence-electron chi connectivity index (χ1n) is 6.66. The van der Waals surface area contributed by atoms with Crippen LogP contribution in [0.5, 0.6) is 0 Å². The van der Waals surface area contributed by atoms with Crippen LogP contribution in [0.25, 0.3) is 11.0 Å². The molecule has 2 heteroatoms. The molecule has 0 fully saturated rings. The zero-order valence-electron chi connectivity index (χ0n) is 11.3. The summed E-state index contributed by atoms with van der Waals surface area (Å²) in [4.78, 5) is 12.1. The van der Waals surface area contributed by atoms with Gasteiger partial charge in [0.25, 0.3) is 0 Å². The lowest BCUT2D eigenvalue weighted by Gasteiger charge is -2.10. The van der Waals surface area contributed by atoms with Crippen LogP contribution in [0.1, 0.15) is 50.4 Å². The van der Waals surface area contributed by atoms with Gasteiger partial charge in [0.05, 0.1) is 5.39 Å². The molecule has 1 aromatic carbocycles. The maximum atomic E-state index is 12.1. The van der Waals surface area contributed by atoms with E-state index < -0.39 is 0 Å². The van der Waals surface area contributed by atoms with E-state index in [-0.39, 0.29) is 5.43 Å². The highest BCUT2D eigenvalue weighted by Crippen LogP contribution is 2.23. The summed E-state index contributed by atoms with van der Waals surface area (Å²) in [5, 5.41) is 0.682. The normalized spacial score (nSPS) is 12.8. The van der Waals surface area contributed by atoms with E-state index in [2.05, 4.69) is 13.8 Å². The Balaban J connectivity index is 2.43. The van der Waals surface area contributed by atoms with Gasteiger partial charge in [-0.2, -0.15) is 0 Å². The van der Waals surface area contributed by atoms with Gasteiger partial charge < -0.3 is 4.42 Å². The van der Waals surface area contributed by atoms with Gasteiger partial charge in [0.2, 0.25) is 0 Å². The molecule has 0 amide bonds. The van der Waals surface area contributed by atoms with Crippen LogP contribution < -0.4 is 5.43 Å². The molecule has 0 saturated carbocycles. The molecule has 1 heterocycles. The Labute approximate surface area is 108 Å². The standard InChI is InChI=1S/C16H20O2/c1-4-5-6-12(3)16-10-14(17)13-9-11(2)7-8-15(13)18-16/h7-10,12H,4-6H2,1-3H3/t12-/m0/s1. The van der Waals surface area contributed by atoms with E-state index in [0.29, 0.717) is 16.9 Å². The number of fused-ring (bicyclic) bond motifs is 1. The van der Waals surface area contributed by atoms with Crippen molar-refractivity contribution in [3.8, 4) is 0 Å². The summed E-state index contributed by atoms with van der Waals surface area (Å²) in [5.41, 5.74) is 1.85. The number of rotatable bonds is 4. The number of hydrogen-bond acceptors (Lipinski definition) is 2. The summed E-state index contributed by atoms with van der Waals surface area (Å²) in [5.74, 6) is 1.12. The lowest BCUT2D eigenvalue weighted by molar-refractivity contribution is 0.469. The molecule has 0 unspecified atom stereocenters. The Morgan fingerprint density at radius 1 is 1.28 bits per heavy atom. The fraction of sp³-hybridized carbons (Fsp3) is 0.438. The minimum Gasteiger partial charge on any atom is -0.461 e. The lowest BCUT2D eigenvalue weighted by atomic mass is 10.0. The maximum absolute atomic E-state index is 12.1. The first-order valence-corrected chi connectivity index (χ1v) is 6.66. The molecular weight excluding hydrogens is 224 g/mol. The van der Waals surface area contributed by atoms with Crippen molar-refractivity contribution in [1.29, 1.82) is 0 Å². The van der Waals surface area contributed by atoms with E-state index in [9.17, 15) is 4.79 Å². The van der Waals surface area contributed by atoms with Crippen molar-refractivity contribution in [2.24, 2.45) is 0 Å². The Morgan fingerprint density at radius 2 is 2.06 bits per heavy atom. The van der Waals surface area contributed by atoms with Crippen LogP contribution in [-0.2, 0) is 0 Å². The minimum atomic E-state index is 0.0679. The summed E-state index contributed by atoms with van der Waals surface area (Å²) in [6.07, 6.45) is 3.40. The van der Waals surface area contributed by atoms with E-state index in [4.69, 9.17) is 4.42 Å². The predicted octanol–water partition coefficient (Wildman–Crippen LogP) is 4.40. The molecule has 2 nitrogen and oxygen atoms in total. The highest BCUT2D eigenvalue weighted by atomic mass is 16.3. The molecule has 0 spiro atoms. The van der Waals surface area contributed by atoms with Gasteiger partial charge in [0.15, 0.2) is 5.43 Å². The molecule has 0 radical (unpaired) electrons. The molecular formula is C16H20O2. The van der Waals surface area contributed by atoms with Crippen LogP contribution in [0, 0.1) is 6.92 Å². The van der Waals surface area contributed by atoms with Crippen molar-refractivity contribution in [2.75, 3.05) is 0 Å². The summed E-state index contributed by atoms with van der Waals surface area (Å²) < 4.78 is 5.86. The van der Waals surface area contributed by atoms with Gasteiger partial charge in [-0.25, -0.2) is 0 Å². The molecule has 2 rings (SSSR count). The average Bonchev–Trinajstić information content (AvgIpc) is 2.36. The van der Waals surface area contributed by atoms with Crippen molar-refractivity contribution in [2.45, 2.75) is 46.0 Å². The van der Waals surface area contributed by atoms with Crippen LogP contribution in [0.4, 0.5) is 0 Å². The minimum absolute atomic E-state index is 0.0679. The number of hydrogen-bond donors (Lipinski definition) is 0. The summed E-state index contributed by atoms with van der Waals surface area (Å²) >= 11 is 0. The number of benzene rings is 1. The largest absolute Gasteiger partial charge is 0.461 e. The van der Waals surface area contributed by atoms with Crippen molar-refractivity contribution < 1.29 is 4.42 Å². The highest BCUT2D eigenvalue weighted by molar-refractivity contribution is 5.77. The highest BCUT2D eigenvalue weighted by Gasteiger charge is 2.11. The smallest absolute Gasteiger partial charge is 0.192 e. The van der Waals surface area contributed by atoms with Crippen LogP contribution in [0.2, 0.25) is 0 Å². The molecule has 0 bridgehead atoms. The van der Waals surface area contributed by atoms with Gasteiger partial charge in [0, 0.05) is 12.0 Å². The molecule has 2 aromatic rings. The topological polar surface area (TPSA) is 30.2 Å². The molecule has 1 atom stereocenters. The quantitative estimate of drug-likeness (QED) is 0.798. The second-order valence-corrected chi connectivity index (χ2v) is 5.06. The molecule has 0 N–H and O–H groups in total. The molecule has 18 heavy (non-hydrogen) atoms. The third-order valence-electron chi connectivity index (χ3n) is 3.38. The number of unbranched alkanes of at least 4 members (excludes halogenated alkanes) is 1. The Kier molecular flexibility index (Phi) is 3.85. The Morgan fingerprint density at radius 3 is 2.78 bits per heavy atom. The van der Waals surface area contributed by atoms with Gasteiger partial charge in [0.1, 0.15) is 11.3 Å². The van der Waals surface area contributed by atoms with E-state index >= 15 is 0 Å². The molecule has 0 aliphatic heterocycles. The van der Waals surface area contributed by atoms with E-state index in [0.717, 1.165) is 24.2 Å². The maximum Gasteiger partial charge on any atom is 0.192 e. The van der Waals surface area contributed by atoms with Crippen LogP contribution in [0.15, 0.2) is 33.5 Å².